The largest absolute Gasteiger partial charge is 0.412 e. The first kappa shape index (κ1) is 11.9. The van der Waals surface area contributed by atoms with Gasteiger partial charge in [0.2, 0.25) is 0 Å². The lowest BCUT2D eigenvalue weighted by molar-refractivity contribution is 0.00161. The van der Waals surface area contributed by atoms with Crippen LogP contribution in [0.4, 0.5) is 0 Å². The second-order valence-electron chi connectivity index (χ2n) is 4.58. The molecular formula is C10H22O2. The van der Waals surface area contributed by atoms with E-state index in [1.54, 1.807) is 0 Å². The smallest absolute Gasteiger partial charge is 0.0620 e. The Hall–Kier alpha value is -0.0800. The quantitative estimate of drug-likeness (QED) is 0.647. The van der Waals surface area contributed by atoms with E-state index in [0.717, 1.165) is 24.7 Å². The van der Waals surface area contributed by atoms with E-state index in [-0.39, 0.29) is 11.1 Å². The minimum atomic E-state index is -0.356. The Morgan fingerprint density at radius 3 is 2.00 bits per heavy atom. The summed E-state index contributed by atoms with van der Waals surface area (Å²) in [4.78, 5) is 0. The molecule has 12 heavy (non-hydrogen) atoms. The first-order valence-electron chi connectivity index (χ1n) is 4.74. The van der Waals surface area contributed by atoms with Crippen molar-refractivity contribution in [3.8, 4) is 0 Å². The summed E-state index contributed by atoms with van der Waals surface area (Å²) in [5.41, 5.74) is -0.356. The lowest BCUT2D eigenvalue weighted by atomic mass is 9.75. The van der Waals surface area contributed by atoms with Gasteiger partial charge in [-0.15, -0.1) is 0 Å². The van der Waals surface area contributed by atoms with Crippen LogP contribution in [0.5, 0.6) is 0 Å². The minimum Gasteiger partial charge on any atom is -0.412 e. The van der Waals surface area contributed by atoms with Crippen LogP contribution in [0.15, 0.2) is 0 Å². The second kappa shape index (κ2) is 4.24. The molecule has 0 radical (unpaired) electrons. The highest BCUT2D eigenvalue weighted by Crippen LogP contribution is 2.35. The summed E-state index contributed by atoms with van der Waals surface area (Å²) in [6.45, 7) is 6.53. The third kappa shape index (κ3) is 3.11. The molecule has 74 valence electrons. The summed E-state index contributed by atoms with van der Waals surface area (Å²) in [6, 6.07) is 0. The molecule has 2 nitrogen and oxygen atoms in total. The molecule has 0 aliphatic heterocycles. The molecule has 1 rings (SSSR count). The van der Waals surface area contributed by atoms with Gasteiger partial charge < -0.3 is 10.6 Å². The van der Waals surface area contributed by atoms with Crippen LogP contribution >= 0.6 is 0 Å². The zero-order valence-electron chi connectivity index (χ0n) is 8.43. The van der Waals surface area contributed by atoms with Crippen molar-refractivity contribution in [2.75, 3.05) is 0 Å². The van der Waals surface area contributed by atoms with Gasteiger partial charge in [0.1, 0.15) is 0 Å². The Balaban J connectivity index is 0.00000121. The van der Waals surface area contributed by atoms with Crippen LogP contribution in [-0.2, 0) is 0 Å². The highest BCUT2D eigenvalue weighted by atomic mass is 16.3. The van der Waals surface area contributed by atoms with E-state index in [0.29, 0.717) is 0 Å². The Morgan fingerprint density at radius 1 is 1.25 bits per heavy atom. The maximum atomic E-state index is 9.67. The number of aliphatic hydroxyl groups is 1. The van der Waals surface area contributed by atoms with Crippen LogP contribution in [0.25, 0.3) is 0 Å². The van der Waals surface area contributed by atoms with Crippen molar-refractivity contribution in [3.05, 3.63) is 0 Å². The fraction of sp³-hybridized carbons (Fsp3) is 1.00. The van der Waals surface area contributed by atoms with E-state index in [1.165, 1.54) is 12.8 Å². The van der Waals surface area contributed by atoms with Crippen LogP contribution < -0.4 is 0 Å². The lowest BCUT2D eigenvalue weighted by Crippen LogP contribution is -2.31. The molecule has 1 fully saturated rings. The number of rotatable bonds is 1. The second-order valence-corrected chi connectivity index (χ2v) is 4.58. The van der Waals surface area contributed by atoms with E-state index < -0.39 is 0 Å². The van der Waals surface area contributed by atoms with Crippen LogP contribution in [0.2, 0.25) is 0 Å². The molecular weight excluding hydrogens is 152 g/mol. The fourth-order valence-electron chi connectivity index (χ4n) is 1.93. The molecule has 0 aromatic heterocycles. The van der Waals surface area contributed by atoms with Crippen LogP contribution in [0, 0.1) is 11.8 Å². The molecule has 3 N–H and O–H groups in total. The van der Waals surface area contributed by atoms with Gasteiger partial charge in [0.05, 0.1) is 5.60 Å². The summed E-state index contributed by atoms with van der Waals surface area (Å²) < 4.78 is 0. The molecule has 0 saturated heterocycles. The molecule has 0 spiro atoms. The molecule has 1 saturated carbocycles. The molecule has 0 heterocycles. The Kier molecular flexibility index (Phi) is 4.21. The van der Waals surface area contributed by atoms with Crippen molar-refractivity contribution >= 4 is 0 Å². The maximum absolute atomic E-state index is 9.67. The predicted octanol–water partition coefficient (Wildman–Crippen LogP) is 1.76. The number of hydrogen-bond acceptors (Lipinski definition) is 1. The van der Waals surface area contributed by atoms with Crippen molar-refractivity contribution in [1.29, 1.82) is 0 Å². The van der Waals surface area contributed by atoms with Crippen molar-refractivity contribution in [1.82, 2.24) is 0 Å². The van der Waals surface area contributed by atoms with Gasteiger partial charge in [-0.05, 0) is 44.4 Å². The van der Waals surface area contributed by atoms with E-state index in [1.807, 2.05) is 6.92 Å². The lowest BCUT2D eigenvalue weighted by Gasteiger charge is -2.34. The zero-order chi connectivity index (χ0) is 8.48. The Labute approximate surface area is 75.3 Å². The summed E-state index contributed by atoms with van der Waals surface area (Å²) in [7, 11) is 0. The molecule has 0 aromatic carbocycles. The normalized spacial score (nSPS) is 36.2. The zero-order valence-corrected chi connectivity index (χ0v) is 8.43. The Bertz CT molecular complexity index is 120. The average molecular weight is 174 g/mol. The first-order valence-corrected chi connectivity index (χ1v) is 4.74. The van der Waals surface area contributed by atoms with Crippen LogP contribution in [0.3, 0.4) is 0 Å². The van der Waals surface area contributed by atoms with Gasteiger partial charge in [-0.2, -0.15) is 0 Å². The molecule has 0 unspecified atom stereocenters. The summed E-state index contributed by atoms with van der Waals surface area (Å²) >= 11 is 0. The molecule has 1 aliphatic carbocycles. The topological polar surface area (TPSA) is 51.7 Å². The van der Waals surface area contributed by atoms with Gasteiger partial charge in [0.15, 0.2) is 0 Å². The minimum absolute atomic E-state index is 0. The average Bonchev–Trinajstić information content (AvgIpc) is 1.86. The molecule has 0 bridgehead atoms. The van der Waals surface area contributed by atoms with Crippen molar-refractivity contribution in [3.63, 3.8) is 0 Å². The third-order valence-electron chi connectivity index (χ3n) is 3.05. The third-order valence-corrected chi connectivity index (χ3v) is 3.05. The monoisotopic (exact) mass is 174 g/mol. The molecule has 0 amide bonds. The van der Waals surface area contributed by atoms with Crippen molar-refractivity contribution < 1.29 is 10.6 Å². The standard InChI is InChI=1S/C10H20O.H2O/c1-8(2)9-4-6-10(3,11)7-5-9;/h8-9,11H,4-7H2,1-3H3;1H2. The summed E-state index contributed by atoms with van der Waals surface area (Å²) in [5, 5.41) is 9.67. The molecule has 0 aromatic rings. The highest BCUT2D eigenvalue weighted by molar-refractivity contribution is 4.82. The predicted molar refractivity (Wildman–Crippen MR) is 51.0 cm³/mol. The van der Waals surface area contributed by atoms with Crippen LogP contribution in [0.1, 0.15) is 46.5 Å². The first-order chi connectivity index (χ1) is 5.01. The van der Waals surface area contributed by atoms with Gasteiger partial charge in [-0.3, -0.25) is 0 Å². The summed E-state index contributed by atoms with van der Waals surface area (Å²) in [5.74, 6) is 1.65. The van der Waals surface area contributed by atoms with Gasteiger partial charge in [0, 0.05) is 0 Å². The number of hydrogen-bond donors (Lipinski definition) is 1. The van der Waals surface area contributed by atoms with Crippen molar-refractivity contribution in [2.24, 2.45) is 11.8 Å². The highest BCUT2D eigenvalue weighted by Gasteiger charge is 2.29. The van der Waals surface area contributed by atoms with E-state index in [4.69, 9.17) is 0 Å². The Morgan fingerprint density at radius 2 is 1.67 bits per heavy atom. The van der Waals surface area contributed by atoms with Crippen LogP contribution in [-0.4, -0.2) is 16.2 Å². The fourth-order valence-corrected chi connectivity index (χ4v) is 1.93. The summed E-state index contributed by atoms with van der Waals surface area (Å²) in [6.07, 6.45) is 4.42. The molecule has 1 aliphatic rings. The van der Waals surface area contributed by atoms with Gasteiger partial charge in [-0.25, -0.2) is 0 Å². The SMILES string of the molecule is CC(C)C1CCC(C)(O)CC1.O. The maximum Gasteiger partial charge on any atom is 0.0620 e. The van der Waals surface area contributed by atoms with Gasteiger partial charge in [-0.1, -0.05) is 13.8 Å². The molecule has 0 atom stereocenters. The van der Waals surface area contributed by atoms with E-state index in [9.17, 15) is 5.11 Å². The van der Waals surface area contributed by atoms with Crippen molar-refractivity contribution in [2.45, 2.75) is 52.1 Å². The van der Waals surface area contributed by atoms with Gasteiger partial charge in [0.25, 0.3) is 0 Å². The van der Waals surface area contributed by atoms with E-state index >= 15 is 0 Å². The van der Waals surface area contributed by atoms with Gasteiger partial charge >= 0.3 is 0 Å². The van der Waals surface area contributed by atoms with E-state index in [2.05, 4.69) is 13.8 Å². The molecule has 2 heteroatoms.